The second-order valence-corrected chi connectivity index (χ2v) is 6.48. The van der Waals surface area contributed by atoms with Gasteiger partial charge in [0.25, 0.3) is 0 Å². The van der Waals surface area contributed by atoms with E-state index in [4.69, 9.17) is 15.2 Å². The largest absolute Gasteiger partial charge is 0.495 e. The third kappa shape index (κ3) is 4.01. The van der Waals surface area contributed by atoms with Gasteiger partial charge in [-0.1, -0.05) is 0 Å². The van der Waals surface area contributed by atoms with Gasteiger partial charge in [0.15, 0.2) is 5.75 Å². The van der Waals surface area contributed by atoms with Gasteiger partial charge >= 0.3 is 0 Å². The molecule has 2 aromatic carbocycles. The zero-order chi connectivity index (χ0) is 16.3. The highest BCUT2D eigenvalue weighted by Crippen LogP contribution is 2.39. The fourth-order valence-corrected chi connectivity index (χ4v) is 3.44. The number of halogens is 2. The van der Waals surface area contributed by atoms with Crippen LogP contribution in [0.4, 0.5) is 5.69 Å². The Morgan fingerprint density at radius 3 is 2.32 bits per heavy atom. The average Bonchev–Trinajstić information content (AvgIpc) is 2.42. The Hall–Kier alpha value is -1.53. The number of benzene rings is 2. The minimum atomic E-state index is 0.107. The maximum absolute atomic E-state index is 11.2. The van der Waals surface area contributed by atoms with Crippen molar-refractivity contribution < 1.29 is 14.3 Å². The number of hydrogen-bond acceptors (Lipinski definition) is 4. The first-order valence-corrected chi connectivity index (χ1v) is 8.08. The molecule has 4 nitrogen and oxygen atoms in total. The molecule has 0 amide bonds. The molecule has 0 fully saturated rings. The van der Waals surface area contributed by atoms with Crippen LogP contribution >= 0.6 is 31.9 Å². The second-order valence-electron chi connectivity index (χ2n) is 4.77. The highest BCUT2D eigenvalue weighted by molar-refractivity contribution is 9.11. The molecule has 2 N–H and O–H groups in total. The topological polar surface area (TPSA) is 61.5 Å². The summed E-state index contributed by atoms with van der Waals surface area (Å²) in [5.41, 5.74) is 7.29. The predicted molar refractivity (Wildman–Crippen MR) is 93.7 cm³/mol. The van der Waals surface area contributed by atoms with Crippen molar-refractivity contribution in [1.29, 1.82) is 0 Å². The fraction of sp³-hybridized carbons (Fsp3) is 0.188. The van der Waals surface area contributed by atoms with Crippen LogP contribution < -0.4 is 15.2 Å². The number of methoxy groups -OCH3 is 1. The van der Waals surface area contributed by atoms with Crippen molar-refractivity contribution in [2.45, 2.75) is 13.3 Å². The summed E-state index contributed by atoms with van der Waals surface area (Å²) in [5, 5.41) is 0. The van der Waals surface area contributed by atoms with Crippen molar-refractivity contribution in [2.75, 3.05) is 12.8 Å². The van der Waals surface area contributed by atoms with E-state index in [1.165, 1.54) is 0 Å². The van der Waals surface area contributed by atoms with E-state index in [9.17, 15) is 4.79 Å². The Bertz CT molecular complexity index is 694. The van der Waals surface area contributed by atoms with Crippen molar-refractivity contribution in [3.8, 4) is 17.2 Å². The Labute approximate surface area is 145 Å². The van der Waals surface area contributed by atoms with E-state index in [0.717, 1.165) is 14.5 Å². The van der Waals surface area contributed by atoms with E-state index < -0.39 is 0 Å². The lowest BCUT2D eigenvalue weighted by atomic mass is 10.1. The Morgan fingerprint density at radius 2 is 1.82 bits per heavy atom. The van der Waals surface area contributed by atoms with Gasteiger partial charge in [-0.2, -0.15) is 0 Å². The van der Waals surface area contributed by atoms with Crippen LogP contribution in [0.5, 0.6) is 17.2 Å². The molecule has 0 atom stereocenters. The van der Waals surface area contributed by atoms with Crippen LogP contribution in [0.1, 0.15) is 12.5 Å². The minimum Gasteiger partial charge on any atom is -0.495 e. The van der Waals surface area contributed by atoms with Gasteiger partial charge in [-0.15, -0.1) is 0 Å². The summed E-state index contributed by atoms with van der Waals surface area (Å²) in [6.45, 7) is 1.56. The van der Waals surface area contributed by atoms with E-state index in [1.807, 2.05) is 12.1 Å². The Kier molecular flexibility index (Phi) is 5.47. The summed E-state index contributed by atoms with van der Waals surface area (Å²) in [5.74, 6) is 1.92. The number of carbonyl (C=O) groups is 1. The number of rotatable bonds is 5. The van der Waals surface area contributed by atoms with Gasteiger partial charge in [0, 0.05) is 12.5 Å². The lowest BCUT2D eigenvalue weighted by Crippen LogP contribution is -1.98. The molecular weight excluding hydrogens is 414 g/mol. The van der Waals surface area contributed by atoms with Crippen LogP contribution in [0.15, 0.2) is 39.3 Å². The molecule has 6 heteroatoms. The molecule has 0 aliphatic carbocycles. The molecule has 2 aromatic rings. The first-order chi connectivity index (χ1) is 10.4. The second kappa shape index (κ2) is 7.15. The van der Waals surface area contributed by atoms with Gasteiger partial charge in [0.2, 0.25) is 0 Å². The lowest BCUT2D eigenvalue weighted by Gasteiger charge is -2.13. The summed E-state index contributed by atoms with van der Waals surface area (Å²) in [4.78, 5) is 11.2. The van der Waals surface area contributed by atoms with Gasteiger partial charge in [0.1, 0.15) is 17.3 Å². The van der Waals surface area contributed by atoms with E-state index in [0.29, 0.717) is 29.4 Å². The monoisotopic (exact) mass is 427 g/mol. The first-order valence-electron chi connectivity index (χ1n) is 6.49. The number of carbonyl (C=O) groups excluding carboxylic acids is 1. The van der Waals surface area contributed by atoms with Crippen LogP contribution in [-0.4, -0.2) is 12.9 Å². The first kappa shape index (κ1) is 16.8. The Balaban J connectivity index is 2.29. The molecule has 0 saturated carbocycles. The van der Waals surface area contributed by atoms with Gasteiger partial charge in [-0.05, 0) is 68.6 Å². The minimum absolute atomic E-state index is 0.107. The molecule has 2 rings (SSSR count). The van der Waals surface area contributed by atoms with Crippen molar-refractivity contribution in [3.05, 3.63) is 44.8 Å². The average molecular weight is 429 g/mol. The van der Waals surface area contributed by atoms with Crippen LogP contribution in [0.3, 0.4) is 0 Å². The van der Waals surface area contributed by atoms with E-state index in [-0.39, 0.29) is 5.78 Å². The number of nitrogens with two attached hydrogens (primary N) is 1. The highest BCUT2D eigenvalue weighted by atomic mass is 79.9. The van der Waals surface area contributed by atoms with Crippen molar-refractivity contribution >= 4 is 43.3 Å². The standard InChI is InChI=1S/C16H15Br2NO3/c1-9(20)5-10-6-12(17)16(13(18)7-10)22-11-3-4-15(21-2)14(19)8-11/h3-4,6-8H,5,19H2,1-2H3. The molecule has 22 heavy (non-hydrogen) atoms. The van der Waals surface area contributed by atoms with Crippen molar-refractivity contribution in [1.82, 2.24) is 0 Å². The van der Waals surface area contributed by atoms with Crippen LogP contribution in [-0.2, 0) is 11.2 Å². The smallest absolute Gasteiger partial charge is 0.155 e. The van der Waals surface area contributed by atoms with E-state index >= 15 is 0 Å². The number of ether oxygens (including phenoxy) is 2. The van der Waals surface area contributed by atoms with Gasteiger partial charge < -0.3 is 15.2 Å². The fourth-order valence-electron chi connectivity index (χ4n) is 1.99. The molecule has 0 heterocycles. The summed E-state index contributed by atoms with van der Waals surface area (Å²) < 4.78 is 12.5. The van der Waals surface area contributed by atoms with Gasteiger partial charge in [-0.25, -0.2) is 0 Å². The molecular formula is C16H15Br2NO3. The quantitative estimate of drug-likeness (QED) is 0.699. The van der Waals surface area contributed by atoms with Gasteiger partial charge in [-0.3, -0.25) is 4.79 Å². The molecule has 0 bridgehead atoms. The summed E-state index contributed by atoms with van der Waals surface area (Å²) in [6.07, 6.45) is 0.382. The molecule has 0 aliphatic heterocycles. The van der Waals surface area contributed by atoms with E-state index in [2.05, 4.69) is 31.9 Å². The summed E-state index contributed by atoms with van der Waals surface area (Å²) in [7, 11) is 1.56. The van der Waals surface area contributed by atoms with Gasteiger partial charge in [0.05, 0.1) is 21.7 Å². The third-order valence-corrected chi connectivity index (χ3v) is 4.11. The highest BCUT2D eigenvalue weighted by Gasteiger charge is 2.12. The third-order valence-electron chi connectivity index (χ3n) is 2.93. The molecule has 0 radical (unpaired) electrons. The summed E-state index contributed by atoms with van der Waals surface area (Å²) >= 11 is 6.94. The van der Waals surface area contributed by atoms with Crippen LogP contribution in [0.25, 0.3) is 0 Å². The molecule has 0 aromatic heterocycles. The molecule has 0 unspecified atom stereocenters. The van der Waals surface area contributed by atoms with E-state index in [1.54, 1.807) is 32.2 Å². The molecule has 0 spiro atoms. The zero-order valence-corrected chi connectivity index (χ0v) is 15.3. The maximum Gasteiger partial charge on any atom is 0.155 e. The van der Waals surface area contributed by atoms with Crippen LogP contribution in [0.2, 0.25) is 0 Å². The number of hydrogen-bond donors (Lipinski definition) is 1. The van der Waals surface area contributed by atoms with Crippen molar-refractivity contribution in [3.63, 3.8) is 0 Å². The maximum atomic E-state index is 11.2. The SMILES string of the molecule is COc1ccc(Oc2c(Br)cc(CC(C)=O)cc2Br)cc1N. The number of nitrogen functional groups attached to an aromatic ring is 1. The number of Topliss-reactive ketones (excluding diaryl/α,β-unsaturated/α-hetero) is 1. The number of anilines is 1. The molecule has 116 valence electrons. The zero-order valence-electron chi connectivity index (χ0n) is 12.2. The Morgan fingerprint density at radius 1 is 1.18 bits per heavy atom. The van der Waals surface area contributed by atoms with Crippen molar-refractivity contribution in [2.24, 2.45) is 0 Å². The number of ketones is 1. The summed E-state index contributed by atoms with van der Waals surface area (Å²) in [6, 6.07) is 8.96. The normalized spacial score (nSPS) is 10.4. The molecule has 0 aliphatic rings. The predicted octanol–water partition coefficient (Wildman–Crippen LogP) is 4.73. The molecule has 0 saturated heterocycles. The van der Waals surface area contributed by atoms with Crippen LogP contribution in [0, 0.1) is 0 Å². The lowest BCUT2D eigenvalue weighted by molar-refractivity contribution is -0.116.